The molecule has 0 atom stereocenters. The molecule has 0 saturated heterocycles. The highest BCUT2D eigenvalue weighted by molar-refractivity contribution is 5.88. The number of aromatic hydroxyl groups is 1. The Balaban J connectivity index is 1.69. The van der Waals surface area contributed by atoms with Crippen LogP contribution < -0.4 is 0 Å². The lowest BCUT2D eigenvalue weighted by Gasteiger charge is -2.16. The van der Waals surface area contributed by atoms with Crippen LogP contribution in [0.3, 0.4) is 0 Å². The number of nitrogens with zero attached hydrogens (tertiary/aromatic N) is 1. The lowest BCUT2D eigenvalue weighted by Crippen LogP contribution is -2.03. The Morgan fingerprint density at radius 2 is 1.48 bits per heavy atom. The van der Waals surface area contributed by atoms with Crippen molar-refractivity contribution in [2.75, 3.05) is 0 Å². The molecular formula is C23H21NO. The number of para-hydroxylation sites is 1. The van der Waals surface area contributed by atoms with Crippen LogP contribution in [0.5, 0.6) is 5.75 Å². The first-order valence-corrected chi connectivity index (χ1v) is 8.84. The molecule has 1 aliphatic carbocycles. The highest BCUT2D eigenvalue weighted by Crippen LogP contribution is 2.31. The lowest BCUT2D eigenvalue weighted by molar-refractivity contribution is 0.472. The molecule has 4 rings (SSSR count). The molecule has 1 aliphatic rings. The molecule has 124 valence electrons. The van der Waals surface area contributed by atoms with Gasteiger partial charge in [0.1, 0.15) is 5.75 Å². The van der Waals surface area contributed by atoms with Gasteiger partial charge in [0.2, 0.25) is 0 Å². The van der Waals surface area contributed by atoms with Gasteiger partial charge in [-0.25, -0.2) is 0 Å². The minimum Gasteiger partial charge on any atom is -0.507 e. The quantitative estimate of drug-likeness (QED) is 0.616. The number of aryl methyl sites for hydroxylation is 2. The van der Waals surface area contributed by atoms with Crippen LogP contribution in [0.1, 0.15) is 29.5 Å². The molecule has 0 bridgehead atoms. The first-order chi connectivity index (χ1) is 12.3. The van der Waals surface area contributed by atoms with Gasteiger partial charge in [0.05, 0.1) is 5.69 Å². The van der Waals surface area contributed by atoms with Crippen molar-refractivity contribution in [1.29, 1.82) is 0 Å². The van der Waals surface area contributed by atoms with E-state index in [4.69, 9.17) is 0 Å². The zero-order chi connectivity index (χ0) is 17.1. The molecule has 0 heterocycles. The largest absolute Gasteiger partial charge is 0.507 e. The standard InChI is InChI=1S/C23H21NO/c25-23-15-19-11-5-4-10-18(19)14-20(23)16-24-22-13-7-6-12-21(22)17-8-2-1-3-9-17/h1-3,6-9,12-16,25H,4-5,10-11H2. The summed E-state index contributed by atoms with van der Waals surface area (Å²) in [7, 11) is 0. The van der Waals surface area contributed by atoms with Gasteiger partial charge in [-0.15, -0.1) is 0 Å². The van der Waals surface area contributed by atoms with E-state index in [9.17, 15) is 5.11 Å². The Kier molecular flexibility index (Phi) is 4.34. The van der Waals surface area contributed by atoms with Crippen molar-refractivity contribution in [1.82, 2.24) is 0 Å². The maximum atomic E-state index is 10.3. The highest BCUT2D eigenvalue weighted by atomic mass is 16.3. The number of hydrogen-bond acceptors (Lipinski definition) is 2. The average molecular weight is 327 g/mol. The molecule has 0 radical (unpaired) electrons. The fourth-order valence-corrected chi connectivity index (χ4v) is 3.48. The highest BCUT2D eigenvalue weighted by Gasteiger charge is 2.12. The van der Waals surface area contributed by atoms with E-state index in [2.05, 4.69) is 29.3 Å². The van der Waals surface area contributed by atoms with Gasteiger partial charge in [0.25, 0.3) is 0 Å². The monoisotopic (exact) mass is 327 g/mol. The van der Waals surface area contributed by atoms with E-state index in [-0.39, 0.29) is 0 Å². The Bertz CT molecular complexity index is 913. The van der Waals surface area contributed by atoms with Crippen molar-refractivity contribution < 1.29 is 5.11 Å². The molecule has 0 amide bonds. The predicted molar refractivity (Wildman–Crippen MR) is 104 cm³/mol. The number of aliphatic imine (C=N–C) groups is 1. The number of hydrogen-bond donors (Lipinski definition) is 1. The summed E-state index contributed by atoms with van der Waals surface area (Å²) in [6.07, 6.45) is 6.38. The van der Waals surface area contributed by atoms with E-state index in [0.29, 0.717) is 5.75 Å². The normalized spacial score (nSPS) is 13.8. The fraction of sp³-hybridized carbons (Fsp3) is 0.174. The Hall–Kier alpha value is -2.87. The van der Waals surface area contributed by atoms with Gasteiger partial charge in [-0.3, -0.25) is 4.99 Å². The SMILES string of the molecule is Oc1cc2c(cc1C=Nc1ccccc1-c1ccccc1)CCCC2. The number of phenolic OH excluding ortho intramolecular Hbond substituents is 1. The Labute approximate surface area is 148 Å². The minimum atomic E-state index is 0.321. The van der Waals surface area contributed by atoms with Crippen LogP contribution in [0, 0.1) is 0 Å². The van der Waals surface area contributed by atoms with Crippen molar-refractivity contribution in [3.05, 3.63) is 83.4 Å². The molecule has 0 spiro atoms. The van der Waals surface area contributed by atoms with Crippen molar-refractivity contribution >= 4 is 11.9 Å². The Morgan fingerprint density at radius 1 is 0.800 bits per heavy atom. The van der Waals surface area contributed by atoms with Crippen LogP contribution in [0.15, 0.2) is 71.7 Å². The van der Waals surface area contributed by atoms with Crippen LogP contribution in [-0.4, -0.2) is 11.3 Å². The van der Waals surface area contributed by atoms with E-state index in [1.54, 1.807) is 6.21 Å². The molecule has 0 aromatic heterocycles. The number of rotatable bonds is 3. The number of fused-ring (bicyclic) bond motifs is 1. The predicted octanol–water partition coefficient (Wildman–Crippen LogP) is 5.69. The summed E-state index contributed by atoms with van der Waals surface area (Å²) in [4.78, 5) is 4.68. The molecule has 0 unspecified atom stereocenters. The van der Waals surface area contributed by atoms with Crippen molar-refractivity contribution in [2.24, 2.45) is 4.99 Å². The second-order valence-corrected chi connectivity index (χ2v) is 6.53. The van der Waals surface area contributed by atoms with E-state index in [0.717, 1.165) is 35.2 Å². The minimum absolute atomic E-state index is 0.321. The third kappa shape index (κ3) is 3.34. The molecule has 3 aromatic carbocycles. The van der Waals surface area contributed by atoms with E-state index >= 15 is 0 Å². The molecular weight excluding hydrogens is 306 g/mol. The molecule has 0 fully saturated rings. The first-order valence-electron chi connectivity index (χ1n) is 8.84. The van der Waals surface area contributed by atoms with Crippen LogP contribution in [0.4, 0.5) is 5.69 Å². The molecule has 2 heteroatoms. The summed E-state index contributed by atoms with van der Waals surface area (Å²) >= 11 is 0. The van der Waals surface area contributed by atoms with Crippen molar-refractivity contribution in [3.63, 3.8) is 0 Å². The zero-order valence-electron chi connectivity index (χ0n) is 14.2. The van der Waals surface area contributed by atoms with Crippen LogP contribution in [0.2, 0.25) is 0 Å². The lowest BCUT2D eigenvalue weighted by atomic mass is 9.90. The number of benzene rings is 3. The van der Waals surface area contributed by atoms with Gasteiger partial charge >= 0.3 is 0 Å². The van der Waals surface area contributed by atoms with Gasteiger partial charge < -0.3 is 5.11 Å². The first kappa shape index (κ1) is 15.6. The summed E-state index contributed by atoms with van der Waals surface area (Å²) in [6, 6.07) is 22.4. The van der Waals surface area contributed by atoms with Gasteiger partial charge in [0.15, 0.2) is 0 Å². The summed E-state index contributed by atoms with van der Waals surface area (Å²) in [5.41, 5.74) is 6.57. The van der Waals surface area contributed by atoms with Crippen molar-refractivity contribution in [2.45, 2.75) is 25.7 Å². The number of phenols is 1. The maximum Gasteiger partial charge on any atom is 0.124 e. The van der Waals surface area contributed by atoms with E-state index in [1.165, 1.54) is 24.0 Å². The van der Waals surface area contributed by atoms with Gasteiger partial charge in [-0.2, -0.15) is 0 Å². The molecule has 25 heavy (non-hydrogen) atoms. The second kappa shape index (κ2) is 6.94. The van der Waals surface area contributed by atoms with Gasteiger partial charge in [-0.1, -0.05) is 48.5 Å². The van der Waals surface area contributed by atoms with Crippen LogP contribution in [-0.2, 0) is 12.8 Å². The smallest absolute Gasteiger partial charge is 0.124 e. The molecule has 1 N–H and O–H groups in total. The molecule has 0 saturated carbocycles. The van der Waals surface area contributed by atoms with E-state index in [1.807, 2.05) is 42.5 Å². The van der Waals surface area contributed by atoms with E-state index < -0.39 is 0 Å². The van der Waals surface area contributed by atoms with Crippen LogP contribution in [0.25, 0.3) is 11.1 Å². The van der Waals surface area contributed by atoms with Gasteiger partial charge in [-0.05, 0) is 60.6 Å². The second-order valence-electron chi connectivity index (χ2n) is 6.53. The summed E-state index contributed by atoms with van der Waals surface area (Å²) in [5.74, 6) is 0.321. The fourth-order valence-electron chi connectivity index (χ4n) is 3.48. The molecule has 2 nitrogen and oxygen atoms in total. The van der Waals surface area contributed by atoms with Crippen LogP contribution >= 0.6 is 0 Å². The average Bonchev–Trinajstić information content (AvgIpc) is 2.67. The zero-order valence-corrected chi connectivity index (χ0v) is 14.2. The summed E-state index contributed by atoms with van der Waals surface area (Å²) < 4.78 is 0. The summed E-state index contributed by atoms with van der Waals surface area (Å²) in [6.45, 7) is 0. The third-order valence-corrected chi connectivity index (χ3v) is 4.82. The Morgan fingerprint density at radius 3 is 2.28 bits per heavy atom. The maximum absolute atomic E-state index is 10.3. The third-order valence-electron chi connectivity index (χ3n) is 4.82. The topological polar surface area (TPSA) is 32.6 Å². The summed E-state index contributed by atoms with van der Waals surface area (Å²) in [5, 5.41) is 10.3. The van der Waals surface area contributed by atoms with Gasteiger partial charge in [0, 0.05) is 17.3 Å². The molecule has 3 aromatic rings. The van der Waals surface area contributed by atoms with Crippen molar-refractivity contribution in [3.8, 4) is 16.9 Å². The molecule has 0 aliphatic heterocycles.